The van der Waals surface area contributed by atoms with Crippen LogP contribution in [0.25, 0.3) is 0 Å². The van der Waals surface area contributed by atoms with Crippen LogP contribution in [0, 0.1) is 17.8 Å². The number of hydrogen-bond donors (Lipinski definition) is 0. The van der Waals surface area contributed by atoms with Gasteiger partial charge in [-0.25, -0.2) is 4.79 Å². The Morgan fingerprint density at radius 2 is 1.67 bits per heavy atom. The first-order valence-corrected chi connectivity index (χ1v) is 9.84. The quantitative estimate of drug-likeness (QED) is 0.293. The van der Waals surface area contributed by atoms with Gasteiger partial charge in [0.25, 0.3) is 0 Å². The van der Waals surface area contributed by atoms with Crippen LogP contribution in [0.1, 0.15) is 42.1 Å². The predicted octanol–water partition coefficient (Wildman–Crippen LogP) is 5.80. The van der Waals surface area contributed by atoms with E-state index in [0.29, 0.717) is 12.8 Å². The summed E-state index contributed by atoms with van der Waals surface area (Å²) in [6.07, 6.45) is -4.75. The van der Waals surface area contributed by atoms with Crippen LogP contribution >= 0.6 is 0 Å². The van der Waals surface area contributed by atoms with Gasteiger partial charge in [0.15, 0.2) is 5.92 Å². The fourth-order valence-electron chi connectivity index (χ4n) is 2.81. The highest BCUT2D eigenvalue weighted by atomic mass is 19.4. The van der Waals surface area contributed by atoms with E-state index in [4.69, 9.17) is 9.47 Å². The molecule has 0 radical (unpaired) electrons. The lowest BCUT2D eigenvalue weighted by molar-refractivity contribution is -0.182. The fourth-order valence-corrected chi connectivity index (χ4v) is 2.81. The maximum Gasteiger partial charge on any atom is 0.406 e. The van der Waals surface area contributed by atoms with E-state index < -0.39 is 24.2 Å². The number of carbonyl (C=O) groups is 1. The zero-order chi connectivity index (χ0) is 21.8. The molecule has 2 aromatic carbocycles. The molecule has 0 spiro atoms. The molecule has 0 fully saturated rings. The number of benzene rings is 2. The van der Waals surface area contributed by atoms with Crippen LogP contribution < -0.4 is 0 Å². The summed E-state index contributed by atoms with van der Waals surface area (Å²) in [5.74, 6) is 1.83. The molecule has 30 heavy (non-hydrogen) atoms. The molecule has 0 aliphatic carbocycles. The van der Waals surface area contributed by atoms with E-state index in [2.05, 4.69) is 11.8 Å². The number of hydrogen-bond acceptors (Lipinski definition) is 3. The van der Waals surface area contributed by atoms with Gasteiger partial charge in [0.05, 0.1) is 12.2 Å². The first-order valence-electron chi connectivity index (χ1n) is 9.84. The number of halogens is 3. The Morgan fingerprint density at radius 1 is 1.03 bits per heavy atom. The van der Waals surface area contributed by atoms with Gasteiger partial charge in [-0.2, -0.15) is 13.2 Å². The summed E-state index contributed by atoms with van der Waals surface area (Å²) in [6.45, 7) is 1.98. The predicted molar refractivity (Wildman–Crippen MR) is 109 cm³/mol. The van der Waals surface area contributed by atoms with Gasteiger partial charge in [-0.05, 0) is 30.5 Å². The molecule has 0 aliphatic heterocycles. The SMILES string of the molecule is CCCC[C@H](OC(=O)c1ccccc1)[C@@H](C#CCOCc1ccccc1)C(F)(F)F. The summed E-state index contributed by atoms with van der Waals surface area (Å²) >= 11 is 0. The minimum absolute atomic E-state index is 0.0821. The second-order valence-corrected chi connectivity index (χ2v) is 6.77. The van der Waals surface area contributed by atoms with Crippen molar-refractivity contribution >= 4 is 5.97 Å². The third kappa shape index (κ3) is 7.92. The van der Waals surface area contributed by atoms with Gasteiger partial charge in [-0.1, -0.05) is 73.7 Å². The molecule has 2 aromatic rings. The molecule has 0 aliphatic rings. The molecular formula is C24H25F3O3. The van der Waals surface area contributed by atoms with Gasteiger partial charge < -0.3 is 9.47 Å². The molecule has 0 heterocycles. The molecule has 3 nitrogen and oxygen atoms in total. The fraction of sp³-hybridized carbons (Fsp3) is 0.375. The molecule has 0 saturated carbocycles. The van der Waals surface area contributed by atoms with Crippen molar-refractivity contribution in [3.8, 4) is 11.8 Å². The Balaban J connectivity index is 2.07. The highest BCUT2D eigenvalue weighted by Crippen LogP contribution is 2.32. The Bertz CT molecular complexity index is 824. The Hall–Kier alpha value is -2.78. The van der Waals surface area contributed by atoms with Crippen molar-refractivity contribution in [3.05, 3.63) is 71.8 Å². The van der Waals surface area contributed by atoms with Crippen LogP contribution in [-0.2, 0) is 16.1 Å². The zero-order valence-electron chi connectivity index (χ0n) is 16.8. The second-order valence-electron chi connectivity index (χ2n) is 6.77. The summed E-state index contributed by atoms with van der Waals surface area (Å²) in [7, 11) is 0. The van der Waals surface area contributed by atoms with Gasteiger partial charge in [0.1, 0.15) is 12.7 Å². The average Bonchev–Trinajstić information content (AvgIpc) is 2.74. The van der Waals surface area contributed by atoms with Crippen molar-refractivity contribution in [2.45, 2.75) is 45.1 Å². The molecule has 6 heteroatoms. The lowest BCUT2D eigenvalue weighted by Gasteiger charge is -2.25. The molecule has 0 aromatic heterocycles. The van der Waals surface area contributed by atoms with Crippen LogP contribution in [0.5, 0.6) is 0 Å². The van der Waals surface area contributed by atoms with E-state index in [-0.39, 0.29) is 25.2 Å². The number of unbranched alkanes of at least 4 members (excludes halogenated alkanes) is 1. The normalized spacial score (nSPS) is 13.1. The molecular weight excluding hydrogens is 393 g/mol. The average molecular weight is 418 g/mol. The monoisotopic (exact) mass is 418 g/mol. The van der Waals surface area contributed by atoms with Crippen LogP contribution in [0.2, 0.25) is 0 Å². The van der Waals surface area contributed by atoms with Crippen molar-refractivity contribution in [2.75, 3.05) is 6.61 Å². The second kappa shape index (κ2) is 12.0. The van der Waals surface area contributed by atoms with E-state index in [1.165, 1.54) is 12.1 Å². The molecule has 2 atom stereocenters. The van der Waals surface area contributed by atoms with E-state index in [9.17, 15) is 18.0 Å². The topological polar surface area (TPSA) is 35.5 Å². The van der Waals surface area contributed by atoms with Crippen LogP contribution in [0.3, 0.4) is 0 Å². The van der Waals surface area contributed by atoms with E-state index in [1.54, 1.807) is 18.2 Å². The van der Waals surface area contributed by atoms with Crippen molar-refractivity contribution < 1.29 is 27.4 Å². The molecule has 0 amide bonds. The highest BCUT2D eigenvalue weighted by molar-refractivity contribution is 5.89. The number of ether oxygens (including phenoxy) is 2. The van der Waals surface area contributed by atoms with E-state index in [1.807, 2.05) is 37.3 Å². The Morgan fingerprint density at radius 3 is 2.27 bits per heavy atom. The third-order valence-corrected chi connectivity index (χ3v) is 4.38. The number of alkyl halides is 3. The minimum Gasteiger partial charge on any atom is -0.457 e. The molecule has 160 valence electrons. The summed E-state index contributed by atoms with van der Waals surface area (Å²) in [5.41, 5.74) is 1.11. The van der Waals surface area contributed by atoms with Crippen molar-refractivity contribution in [1.82, 2.24) is 0 Å². The van der Waals surface area contributed by atoms with Gasteiger partial charge >= 0.3 is 12.1 Å². The van der Waals surface area contributed by atoms with Crippen molar-refractivity contribution in [1.29, 1.82) is 0 Å². The summed E-state index contributed by atoms with van der Waals surface area (Å²) in [4.78, 5) is 12.3. The minimum atomic E-state index is -4.62. The van der Waals surface area contributed by atoms with E-state index >= 15 is 0 Å². The summed E-state index contributed by atoms with van der Waals surface area (Å²) < 4.78 is 51.7. The van der Waals surface area contributed by atoms with E-state index in [0.717, 1.165) is 5.56 Å². The van der Waals surface area contributed by atoms with Crippen LogP contribution in [0.15, 0.2) is 60.7 Å². The first kappa shape index (κ1) is 23.5. The number of esters is 1. The number of carbonyl (C=O) groups excluding carboxylic acids is 1. The smallest absolute Gasteiger partial charge is 0.406 e. The van der Waals surface area contributed by atoms with Crippen molar-refractivity contribution in [3.63, 3.8) is 0 Å². The zero-order valence-corrected chi connectivity index (χ0v) is 16.8. The molecule has 0 N–H and O–H groups in total. The lowest BCUT2D eigenvalue weighted by Crippen LogP contribution is -2.36. The molecule has 0 unspecified atom stereocenters. The summed E-state index contributed by atoms with van der Waals surface area (Å²) in [5, 5.41) is 0. The molecule has 0 saturated heterocycles. The van der Waals surface area contributed by atoms with Gasteiger partial charge in [-0.3, -0.25) is 0 Å². The standard InChI is InChI=1S/C24H25F3O3/c1-2-3-16-22(30-23(28)20-13-8-5-9-14-20)21(24(25,26)27)15-10-17-29-18-19-11-6-4-7-12-19/h4-9,11-14,21-22H,2-3,16-18H2,1H3/t21-,22+/m1/s1. The molecule has 2 rings (SSSR count). The van der Waals surface area contributed by atoms with Gasteiger partial charge in [0, 0.05) is 0 Å². The molecule has 0 bridgehead atoms. The largest absolute Gasteiger partial charge is 0.457 e. The Labute approximate surface area is 175 Å². The first-order chi connectivity index (χ1) is 14.4. The highest BCUT2D eigenvalue weighted by Gasteiger charge is 2.45. The van der Waals surface area contributed by atoms with Gasteiger partial charge in [0.2, 0.25) is 0 Å². The maximum absolute atomic E-state index is 13.7. The van der Waals surface area contributed by atoms with Crippen molar-refractivity contribution in [2.24, 2.45) is 5.92 Å². The third-order valence-electron chi connectivity index (χ3n) is 4.38. The van der Waals surface area contributed by atoms with Crippen LogP contribution in [0.4, 0.5) is 13.2 Å². The number of rotatable bonds is 9. The summed E-state index contributed by atoms with van der Waals surface area (Å²) in [6, 6.07) is 17.3. The maximum atomic E-state index is 13.7. The van der Waals surface area contributed by atoms with Gasteiger partial charge in [-0.15, -0.1) is 0 Å². The Kier molecular flexibility index (Phi) is 9.43. The lowest BCUT2D eigenvalue weighted by atomic mass is 9.97. The van der Waals surface area contributed by atoms with Crippen LogP contribution in [-0.4, -0.2) is 24.9 Å².